The Balaban J connectivity index is 1.56. The summed E-state index contributed by atoms with van der Waals surface area (Å²) in [7, 11) is 0. The third-order valence-corrected chi connectivity index (χ3v) is 5.32. The normalized spacial score (nSPS) is 16.9. The SMILES string of the molecule is CC(C)N1CCC(CNC(=O)CCSc2ccccc2)CC1. The molecule has 1 heterocycles. The van der Waals surface area contributed by atoms with Gasteiger partial charge in [0.05, 0.1) is 0 Å². The molecular weight excluding hydrogens is 292 g/mol. The highest BCUT2D eigenvalue weighted by Gasteiger charge is 2.20. The summed E-state index contributed by atoms with van der Waals surface area (Å²) in [6, 6.07) is 10.9. The van der Waals surface area contributed by atoms with Gasteiger partial charge in [0, 0.05) is 29.7 Å². The highest BCUT2D eigenvalue weighted by Crippen LogP contribution is 2.19. The van der Waals surface area contributed by atoms with Gasteiger partial charge in [0.25, 0.3) is 0 Å². The highest BCUT2D eigenvalue weighted by molar-refractivity contribution is 7.99. The van der Waals surface area contributed by atoms with Crippen molar-refractivity contribution in [2.75, 3.05) is 25.4 Å². The number of hydrogen-bond donors (Lipinski definition) is 1. The minimum absolute atomic E-state index is 0.190. The Kier molecular flexibility index (Phi) is 7.26. The van der Waals surface area contributed by atoms with E-state index in [4.69, 9.17) is 0 Å². The van der Waals surface area contributed by atoms with E-state index in [0.29, 0.717) is 18.4 Å². The number of carbonyl (C=O) groups excluding carboxylic acids is 1. The van der Waals surface area contributed by atoms with Crippen molar-refractivity contribution >= 4 is 17.7 Å². The number of likely N-dealkylation sites (tertiary alicyclic amines) is 1. The van der Waals surface area contributed by atoms with E-state index < -0.39 is 0 Å². The van der Waals surface area contributed by atoms with E-state index in [1.54, 1.807) is 11.8 Å². The van der Waals surface area contributed by atoms with Gasteiger partial charge < -0.3 is 10.2 Å². The molecule has 2 rings (SSSR count). The molecular formula is C18H28N2OS. The van der Waals surface area contributed by atoms with E-state index in [-0.39, 0.29) is 5.91 Å². The molecule has 0 bridgehead atoms. The van der Waals surface area contributed by atoms with Gasteiger partial charge in [0.15, 0.2) is 0 Å². The molecule has 22 heavy (non-hydrogen) atoms. The molecule has 1 N–H and O–H groups in total. The first-order valence-corrected chi connectivity index (χ1v) is 9.32. The van der Waals surface area contributed by atoms with Crippen molar-refractivity contribution < 1.29 is 4.79 Å². The lowest BCUT2D eigenvalue weighted by molar-refractivity contribution is -0.120. The summed E-state index contributed by atoms with van der Waals surface area (Å²) in [4.78, 5) is 15.7. The third kappa shape index (κ3) is 6.01. The Morgan fingerprint density at radius 3 is 2.59 bits per heavy atom. The molecule has 1 saturated heterocycles. The maximum absolute atomic E-state index is 11.9. The van der Waals surface area contributed by atoms with Crippen molar-refractivity contribution in [2.45, 2.75) is 44.0 Å². The van der Waals surface area contributed by atoms with Crippen molar-refractivity contribution in [1.29, 1.82) is 0 Å². The maximum atomic E-state index is 11.9. The minimum atomic E-state index is 0.190. The van der Waals surface area contributed by atoms with Gasteiger partial charge in [-0.1, -0.05) is 18.2 Å². The largest absolute Gasteiger partial charge is 0.356 e. The molecule has 0 radical (unpaired) electrons. The molecule has 1 fully saturated rings. The first kappa shape index (κ1) is 17.4. The number of nitrogens with zero attached hydrogens (tertiary/aromatic N) is 1. The predicted molar refractivity (Wildman–Crippen MR) is 94.2 cm³/mol. The van der Waals surface area contributed by atoms with Crippen molar-refractivity contribution in [3.05, 3.63) is 30.3 Å². The number of benzene rings is 1. The van der Waals surface area contributed by atoms with E-state index in [2.05, 4.69) is 36.2 Å². The Morgan fingerprint density at radius 2 is 1.95 bits per heavy atom. The molecule has 1 aliphatic heterocycles. The van der Waals surface area contributed by atoms with Gasteiger partial charge in [-0.15, -0.1) is 11.8 Å². The fourth-order valence-corrected chi connectivity index (χ4v) is 3.67. The lowest BCUT2D eigenvalue weighted by atomic mass is 9.96. The number of hydrogen-bond acceptors (Lipinski definition) is 3. The average molecular weight is 321 g/mol. The molecule has 122 valence electrons. The standard InChI is InChI=1S/C18H28N2OS/c1-15(2)20-11-8-16(9-12-20)14-19-18(21)10-13-22-17-6-4-3-5-7-17/h3-7,15-16H,8-14H2,1-2H3,(H,19,21). The fraction of sp³-hybridized carbons (Fsp3) is 0.611. The number of rotatable bonds is 7. The summed E-state index contributed by atoms with van der Waals surface area (Å²) in [5.74, 6) is 1.69. The molecule has 4 heteroatoms. The van der Waals surface area contributed by atoms with E-state index in [1.165, 1.54) is 30.8 Å². The summed E-state index contributed by atoms with van der Waals surface area (Å²) in [6.07, 6.45) is 3.01. The van der Waals surface area contributed by atoms with Crippen LogP contribution in [-0.4, -0.2) is 42.2 Å². The number of thioether (sulfide) groups is 1. The molecule has 0 aliphatic carbocycles. The Morgan fingerprint density at radius 1 is 1.27 bits per heavy atom. The van der Waals surface area contributed by atoms with Gasteiger partial charge in [0.2, 0.25) is 5.91 Å². The molecule has 1 amide bonds. The number of carbonyl (C=O) groups is 1. The fourth-order valence-electron chi connectivity index (χ4n) is 2.80. The van der Waals surface area contributed by atoms with Gasteiger partial charge >= 0.3 is 0 Å². The van der Waals surface area contributed by atoms with Gasteiger partial charge in [0.1, 0.15) is 0 Å². The number of amides is 1. The second-order valence-electron chi connectivity index (χ2n) is 6.29. The van der Waals surface area contributed by atoms with E-state index >= 15 is 0 Å². The monoisotopic (exact) mass is 320 g/mol. The molecule has 0 saturated carbocycles. The number of nitrogens with one attached hydrogen (secondary N) is 1. The average Bonchev–Trinajstić information content (AvgIpc) is 2.54. The zero-order valence-electron chi connectivity index (χ0n) is 13.8. The summed E-state index contributed by atoms with van der Waals surface area (Å²) < 4.78 is 0. The molecule has 1 aliphatic rings. The first-order valence-electron chi connectivity index (χ1n) is 8.33. The van der Waals surface area contributed by atoms with Crippen LogP contribution in [0, 0.1) is 5.92 Å². The summed E-state index contributed by atoms with van der Waals surface area (Å²) in [6.45, 7) is 7.70. The van der Waals surface area contributed by atoms with Crippen LogP contribution in [0.4, 0.5) is 0 Å². The predicted octanol–water partition coefficient (Wildman–Crippen LogP) is 3.41. The quantitative estimate of drug-likeness (QED) is 0.782. The summed E-state index contributed by atoms with van der Waals surface area (Å²) in [5, 5.41) is 3.11. The topological polar surface area (TPSA) is 32.3 Å². The van der Waals surface area contributed by atoms with Crippen LogP contribution in [-0.2, 0) is 4.79 Å². The Labute approximate surface area is 138 Å². The molecule has 0 spiro atoms. The lowest BCUT2D eigenvalue weighted by Crippen LogP contribution is -2.41. The molecule has 0 aromatic heterocycles. The van der Waals surface area contributed by atoms with Crippen molar-refractivity contribution in [2.24, 2.45) is 5.92 Å². The summed E-state index contributed by atoms with van der Waals surface area (Å²) >= 11 is 1.75. The van der Waals surface area contributed by atoms with Gasteiger partial charge in [-0.2, -0.15) is 0 Å². The van der Waals surface area contributed by atoms with Crippen LogP contribution < -0.4 is 5.32 Å². The third-order valence-electron chi connectivity index (χ3n) is 4.31. The highest BCUT2D eigenvalue weighted by atomic mass is 32.2. The minimum Gasteiger partial charge on any atom is -0.356 e. The van der Waals surface area contributed by atoms with Crippen LogP contribution in [0.2, 0.25) is 0 Å². The van der Waals surface area contributed by atoms with E-state index in [9.17, 15) is 4.79 Å². The van der Waals surface area contributed by atoms with E-state index in [0.717, 1.165) is 12.3 Å². The van der Waals surface area contributed by atoms with Crippen molar-refractivity contribution in [3.63, 3.8) is 0 Å². The van der Waals surface area contributed by atoms with Gasteiger partial charge in [-0.25, -0.2) is 0 Å². The zero-order valence-corrected chi connectivity index (χ0v) is 14.6. The maximum Gasteiger partial charge on any atom is 0.220 e. The lowest BCUT2D eigenvalue weighted by Gasteiger charge is -2.34. The second-order valence-corrected chi connectivity index (χ2v) is 7.46. The molecule has 0 unspecified atom stereocenters. The molecule has 3 nitrogen and oxygen atoms in total. The van der Waals surface area contributed by atoms with Crippen LogP contribution in [0.5, 0.6) is 0 Å². The van der Waals surface area contributed by atoms with Gasteiger partial charge in [-0.05, 0) is 57.8 Å². The molecule has 1 aromatic rings. The molecule has 0 atom stereocenters. The van der Waals surface area contributed by atoms with Crippen LogP contribution in [0.25, 0.3) is 0 Å². The summed E-state index contributed by atoms with van der Waals surface area (Å²) in [5.41, 5.74) is 0. The first-order chi connectivity index (χ1) is 10.6. The van der Waals surface area contributed by atoms with Crippen LogP contribution in [0.15, 0.2) is 35.2 Å². The second kappa shape index (κ2) is 9.21. The smallest absolute Gasteiger partial charge is 0.220 e. The van der Waals surface area contributed by atoms with Crippen LogP contribution in [0.3, 0.4) is 0 Å². The Bertz CT molecular complexity index is 442. The number of piperidine rings is 1. The van der Waals surface area contributed by atoms with Crippen molar-refractivity contribution in [1.82, 2.24) is 10.2 Å². The Hall–Kier alpha value is -1.00. The van der Waals surface area contributed by atoms with Crippen LogP contribution in [0.1, 0.15) is 33.1 Å². The molecule has 1 aromatic carbocycles. The van der Waals surface area contributed by atoms with Gasteiger partial charge in [-0.3, -0.25) is 4.79 Å². The van der Waals surface area contributed by atoms with Crippen molar-refractivity contribution in [3.8, 4) is 0 Å². The van der Waals surface area contributed by atoms with E-state index in [1.807, 2.05) is 18.2 Å². The zero-order chi connectivity index (χ0) is 15.8. The van der Waals surface area contributed by atoms with Crippen LogP contribution >= 0.6 is 11.8 Å².